The fourth-order valence-corrected chi connectivity index (χ4v) is 2.50. The number of amides is 1. The number of carbonyl (C=O) groups excluding carboxylic acids is 1. The molecule has 2 aromatic rings. The van der Waals surface area contributed by atoms with Gasteiger partial charge >= 0.3 is 0 Å². The Hall–Kier alpha value is -1.72. The molecule has 1 saturated carbocycles. The van der Waals surface area contributed by atoms with Gasteiger partial charge < -0.3 is 14.6 Å². The van der Waals surface area contributed by atoms with Gasteiger partial charge in [-0.2, -0.15) is 0 Å². The van der Waals surface area contributed by atoms with Gasteiger partial charge in [0.1, 0.15) is 10.8 Å². The highest BCUT2D eigenvalue weighted by Crippen LogP contribution is 2.29. The number of nitrogens with one attached hydrogen (secondary N) is 1. The van der Waals surface area contributed by atoms with Crippen LogP contribution >= 0.6 is 23.2 Å². The molecule has 0 aromatic carbocycles. The summed E-state index contributed by atoms with van der Waals surface area (Å²) in [6.45, 7) is 1.10. The smallest absolute Gasteiger partial charge is 0.268 e. The maximum atomic E-state index is 12.2. The summed E-state index contributed by atoms with van der Waals surface area (Å²) in [6.07, 6.45) is 4.20. The average Bonchev–Trinajstić information content (AvgIpc) is 3.35. The van der Waals surface area contributed by atoms with E-state index in [9.17, 15) is 4.79 Å². The van der Waals surface area contributed by atoms with Crippen LogP contribution in [0.2, 0.25) is 10.2 Å². The van der Waals surface area contributed by atoms with Gasteiger partial charge in [0.15, 0.2) is 0 Å². The molecule has 3 rings (SSSR count). The van der Waals surface area contributed by atoms with Gasteiger partial charge in [-0.25, -0.2) is 4.98 Å². The van der Waals surface area contributed by atoms with Gasteiger partial charge in [0.2, 0.25) is 5.88 Å². The molecule has 0 saturated heterocycles. The van der Waals surface area contributed by atoms with Gasteiger partial charge in [0.05, 0.1) is 11.6 Å². The van der Waals surface area contributed by atoms with Crippen molar-refractivity contribution >= 4 is 29.1 Å². The lowest BCUT2D eigenvalue weighted by atomic mass is 10.3. The molecule has 1 fully saturated rings. The van der Waals surface area contributed by atoms with Crippen molar-refractivity contribution in [2.75, 3.05) is 6.61 Å². The first kappa shape index (κ1) is 16.1. The van der Waals surface area contributed by atoms with Crippen molar-refractivity contribution < 1.29 is 9.53 Å². The number of hydrogen-bond acceptors (Lipinski definition) is 3. The third-order valence-corrected chi connectivity index (χ3v) is 4.61. The molecule has 1 aliphatic rings. The van der Waals surface area contributed by atoms with Crippen LogP contribution in [0.5, 0.6) is 5.88 Å². The lowest BCUT2D eigenvalue weighted by molar-refractivity contribution is 0.0943. The second-order valence-electron chi connectivity index (χ2n) is 5.67. The Morgan fingerprint density at radius 1 is 1.43 bits per heavy atom. The summed E-state index contributed by atoms with van der Waals surface area (Å²) in [5.41, 5.74) is 1.31. The summed E-state index contributed by atoms with van der Waals surface area (Å²) < 4.78 is 7.13. The second-order valence-corrected chi connectivity index (χ2v) is 6.43. The molecule has 1 aliphatic carbocycles. The molecule has 1 N–H and O–H groups in total. The number of hydrogen-bond donors (Lipinski definition) is 1. The molecule has 7 heteroatoms. The van der Waals surface area contributed by atoms with Crippen molar-refractivity contribution in [2.24, 2.45) is 13.0 Å². The van der Waals surface area contributed by atoms with E-state index in [4.69, 9.17) is 27.9 Å². The topological polar surface area (TPSA) is 56.2 Å². The molecule has 23 heavy (non-hydrogen) atoms. The van der Waals surface area contributed by atoms with Crippen LogP contribution in [-0.4, -0.2) is 22.1 Å². The Labute approximate surface area is 144 Å². The molecule has 2 heterocycles. The van der Waals surface area contributed by atoms with Crippen molar-refractivity contribution in [3.05, 3.63) is 45.8 Å². The highest BCUT2D eigenvalue weighted by molar-refractivity contribution is 6.41. The first-order valence-electron chi connectivity index (χ1n) is 7.41. The molecule has 0 unspecified atom stereocenters. The van der Waals surface area contributed by atoms with Gasteiger partial charge in [-0.3, -0.25) is 4.79 Å². The molecule has 5 nitrogen and oxygen atoms in total. The predicted octanol–water partition coefficient (Wildman–Crippen LogP) is 3.45. The molecule has 2 aromatic heterocycles. The van der Waals surface area contributed by atoms with Crippen molar-refractivity contribution in [2.45, 2.75) is 19.4 Å². The largest absolute Gasteiger partial charge is 0.477 e. The minimum absolute atomic E-state index is 0.240. The molecular formula is C16H17Cl2N3O2. The molecule has 0 bridgehead atoms. The van der Waals surface area contributed by atoms with Crippen LogP contribution in [0.25, 0.3) is 0 Å². The minimum Gasteiger partial charge on any atom is -0.477 e. The molecule has 0 spiro atoms. The van der Waals surface area contributed by atoms with Crippen LogP contribution in [0.1, 0.15) is 28.9 Å². The van der Waals surface area contributed by atoms with Crippen LogP contribution in [0.4, 0.5) is 0 Å². The van der Waals surface area contributed by atoms with E-state index in [1.54, 1.807) is 23.9 Å². The lowest BCUT2D eigenvalue weighted by Crippen LogP contribution is -2.24. The maximum Gasteiger partial charge on any atom is 0.268 e. The molecule has 1 amide bonds. The van der Waals surface area contributed by atoms with E-state index in [1.165, 1.54) is 12.8 Å². The number of ether oxygens (including phenoxy) is 1. The van der Waals surface area contributed by atoms with Crippen molar-refractivity contribution in [1.29, 1.82) is 0 Å². The number of rotatable bonds is 6. The Bertz CT molecular complexity index is 709. The van der Waals surface area contributed by atoms with E-state index < -0.39 is 0 Å². The third-order valence-electron chi connectivity index (χ3n) is 3.76. The Balaban J connectivity index is 1.54. The fourth-order valence-electron chi connectivity index (χ4n) is 2.12. The normalized spacial score (nSPS) is 13.9. The first-order valence-corrected chi connectivity index (χ1v) is 8.17. The number of carbonyl (C=O) groups is 1. The minimum atomic E-state index is -0.240. The van der Waals surface area contributed by atoms with Crippen molar-refractivity contribution in [3.8, 4) is 5.88 Å². The number of pyridine rings is 1. The fraction of sp³-hybridized carbons (Fsp3) is 0.375. The maximum absolute atomic E-state index is 12.2. The lowest BCUT2D eigenvalue weighted by Gasteiger charge is -2.08. The number of aromatic nitrogens is 2. The highest BCUT2D eigenvalue weighted by atomic mass is 35.5. The Morgan fingerprint density at radius 3 is 2.78 bits per heavy atom. The summed E-state index contributed by atoms with van der Waals surface area (Å²) in [6, 6.07) is 5.26. The van der Waals surface area contributed by atoms with Gasteiger partial charge in [-0.1, -0.05) is 29.3 Å². The van der Waals surface area contributed by atoms with E-state index in [0.29, 0.717) is 34.2 Å². The van der Waals surface area contributed by atoms with Crippen LogP contribution in [0.3, 0.4) is 0 Å². The van der Waals surface area contributed by atoms with Gasteiger partial charge in [-0.15, -0.1) is 0 Å². The van der Waals surface area contributed by atoms with E-state index in [0.717, 1.165) is 12.2 Å². The Morgan fingerprint density at radius 2 is 2.22 bits per heavy atom. The number of halogens is 2. The first-order chi connectivity index (χ1) is 11.0. The van der Waals surface area contributed by atoms with Crippen LogP contribution < -0.4 is 10.1 Å². The van der Waals surface area contributed by atoms with Crippen molar-refractivity contribution in [3.63, 3.8) is 0 Å². The summed E-state index contributed by atoms with van der Waals surface area (Å²) in [4.78, 5) is 16.4. The van der Waals surface area contributed by atoms with E-state index >= 15 is 0 Å². The zero-order valence-electron chi connectivity index (χ0n) is 12.7. The van der Waals surface area contributed by atoms with Crippen LogP contribution in [0.15, 0.2) is 24.4 Å². The van der Waals surface area contributed by atoms with E-state index in [2.05, 4.69) is 10.3 Å². The number of nitrogens with zero attached hydrogens (tertiary/aromatic N) is 2. The zero-order valence-corrected chi connectivity index (χ0v) is 14.2. The van der Waals surface area contributed by atoms with E-state index in [1.807, 2.05) is 12.1 Å². The molecule has 0 atom stereocenters. The molecular weight excluding hydrogens is 337 g/mol. The SMILES string of the molecule is Cn1c(C(=O)NCc2ccc(OCC3CC3)nc2)cc(Cl)c1Cl. The van der Waals surface area contributed by atoms with Crippen molar-refractivity contribution in [1.82, 2.24) is 14.9 Å². The Kier molecular flexibility index (Phi) is 4.78. The third kappa shape index (κ3) is 3.98. The second kappa shape index (κ2) is 6.81. The summed E-state index contributed by atoms with van der Waals surface area (Å²) in [5, 5.41) is 3.52. The van der Waals surface area contributed by atoms with Gasteiger partial charge in [0.25, 0.3) is 5.91 Å². The standard InChI is InChI=1S/C16H17Cl2N3O2/c1-21-13(6-12(17)15(21)18)16(22)20-8-11-4-5-14(19-7-11)23-9-10-2-3-10/h4-7,10H,2-3,8-9H2,1H3,(H,20,22). The van der Waals surface area contributed by atoms with Gasteiger partial charge in [0, 0.05) is 25.9 Å². The van der Waals surface area contributed by atoms with E-state index in [-0.39, 0.29) is 5.91 Å². The summed E-state index contributed by atoms with van der Waals surface area (Å²) in [5.74, 6) is 1.07. The average molecular weight is 354 g/mol. The van der Waals surface area contributed by atoms with Crippen LogP contribution in [0, 0.1) is 5.92 Å². The molecule has 0 radical (unpaired) electrons. The summed E-state index contributed by atoms with van der Waals surface area (Å²) in [7, 11) is 1.69. The molecule has 0 aliphatic heterocycles. The van der Waals surface area contributed by atoms with Crippen LogP contribution in [-0.2, 0) is 13.6 Å². The summed E-state index contributed by atoms with van der Waals surface area (Å²) >= 11 is 11.9. The monoisotopic (exact) mass is 353 g/mol. The predicted molar refractivity (Wildman–Crippen MR) is 89.1 cm³/mol. The zero-order chi connectivity index (χ0) is 16.4. The van der Waals surface area contributed by atoms with Gasteiger partial charge in [-0.05, 0) is 30.4 Å². The highest BCUT2D eigenvalue weighted by Gasteiger charge is 2.22. The quantitative estimate of drug-likeness (QED) is 0.865. The molecule has 122 valence electrons.